The molecule has 2 fully saturated rings. The molecule has 1 atom stereocenters. The van der Waals surface area contributed by atoms with E-state index in [4.69, 9.17) is 11.0 Å². The van der Waals surface area contributed by atoms with Crippen LogP contribution in [0.25, 0.3) is 10.9 Å². The number of H-pyrrole nitrogens is 1. The highest BCUT2D eigenvalue weighted by Crippen LogP contribution is 2.47. The minimum Gasteiger partial charge on any atom is -0.370 e. The Hall–Kier alpha value is -4.07. The zero-order chi connectivity index (χ0) is 25.7. The number of para-hydroxylation sites is 1. The van der Waals surface area contributed by atoms with Crippen LogP contribution in [0.1, 0.15) is 34.5 Å². The molecule has 0 aliphatic carbocycles. The largest absolute Gasteiger partial charge is 0.417 e. The number of carbonyl (C=O) groups is 2. The molecule has 8 nitrogen and oxygen atoms in total. The number of aromatic amines is 1. The van der Waals surface area contributed by atoms with Crippen LogP contribution in [-0.4, -0.2) is 53.1 Å². The Morgan fingerprint density at radius 2 is 1.89 bits per heavy atom. The molecule has 2 amide bonds. The zero-order valence-corrected chi connectivity index (χ0v) is 19.2. The molecule has 1 unspecified atom stereocenters. The Morgan fingerprint density at radius 3 is 2.56 bits per heavy atom. The van der Waals surface area contributed by atoms with Gasteiger partial charge < -0.3 is 15.5 Å². The minimum absolute atomic E-state index is 0.177. The normalized spacial score (nSPS) is 19.6. The number of carbonyl (C=O) groups excluding carboxylic acids is 2. The van der Waals surface area contributed by atoms with Gasteiger partial charge in [-0.15, -0.1) is 0 Å². The van der Waals surface area contributed by atoms with Gasteiger partial charge in [0.25, 0.3) is 5.91 Å². The number of likely N-dealkylation sites (tertiary alicyclic amines) is 1. The number of alkyl halides is 3. The van der Waals surface area contributed by atoms with E-state index in [1.165, 1.54) is 6.07 Å². The van der Waals surface area contributed by atoms with Gasteiger partial charge in [0.05, 0.1) is 28.6 Å². The number of aromatic nitrogens is 2. The number of hydrogen-bond acceptors (Lipinski definition) is 5. The highest BCUT2D eigenvalue weighted by molar-refractivity contribution is 6.04. The molecule has 3 heterocycles. The molecule has 1 spiro atoms. The number of primary amides is 1. The fraction of sp³-hybridized carbons (Fsp3) is 0.360. The fourth-order valence-electron chi connectivity index (χ4n) is 5.56. The number of halogens is 3. The first-order valence-electron chi connectivity index (χ1n) is 11.5. The van der Waals surface area contributed by atoms with Crippen molar-refractivity contribution in [1.82, 2.24) is 15.1 Å². The van der Waals surface area contributed by atoms with Crippen LogP contribution in [0, 0.1) is 22.7 Å². The van der Waals surface area contributed by atoms with Gasteiger partial charge in [-0.25, -0.2) is 0 Å². The summed E-state index contributed by atoms with van der Waals surface area (Å²) >= 11 is 0. The Kier molecular flexibility index (Phi) is 5.62. The highest BCUT2D eigenvalue weighted by atomic mass is 19.4. The number of anilines is 1. The predicted octanol–water partition coefficient (Wildman–Crippen LogP) is 3.30. The maximum atomic E-state index is 13.5. The monoisotopic (exact) mass is 496 g/mol. The number of nitrogens with zero attached hydrogens (tertiary/aromatic N) is 4. The van der Waals surface area contributed by atoms with Gasteiger partial charge in [0.1, 0.15) is 0 Å². The number of piperidine rings is 1. The SMILES string of the molecule is N#Cc1ccc(N2CC(C(N)=O)C3(CCN(C(=O)c4n[nH]c5ccccc45)CC3)C2)cc1C(F)(F)F. The summed E-state index contributed by atoms with van der Waals surface area (Å²) in [6, 6.07) is 12.5. The molecule has 2 saturated heterocycles. The first kappa shape index (κ1) is 23.7. The lowest BCUT2D eigenvalue weighted by atomic mass is 9.70. The van der Waals surface area contributed by atoms with Crippen LogP contribution in [-0.2, 0) is 11.0 Å². The van der Waals surface area contributed by atoms with Crippen molar-refractivity contribution in [2.24, 2.45) is 17.1 Å². The van der Waals surface area contributed by atoms with Crippen LogP contribution in [0.2, 0.25) is 0 Å². The molecule has 0 bridgehead atoms. The summed E-state index contributed by atoms with van der Waals surface area (Å²) in [4.78, 5) is 29.0. The van der Waals surface area contributed by atoms with Crippen LogP contribution in [0.5, 0.6) is 0 Å². The van der Waals surface area contributed by atoms with Gasteiger partial charge in [0.15, 0.2) is 5.69 Å². The minimum atomic E-state index is -4.68. The molecule has 3 aromatic rings. The molecule has 2 aliphatic rings. The summed E-state index contributed by atoms with van der Waals surface area (Å²) in [5.74, 6) is -1.30. The van der Waals surface area contributed by atoms with E-state index in [9.17, 15) is 22.8 Å². The second-order valence-electron chi connectivity index (χ2n) is 9.45. The van der Waals surface area contributed by atoms with Crippen molar-refractivity contribution in [2.45, 2.75) is 19.0 Å². The molecule has 0 radical (unpaired) electrons. The molecule has 2 aromatic carbocycles. The summed E-state index contributed by atoms with van der Waals surface area (Å²) in [6.07, 6.45) is -3.72. The van der Waals surface area contributed by atoms with Crippen molar-refractivity contribution in [3.63, 3.8) is 0 Å². The number of nitrogens with one attached hydrogen (secondary N) is 1. The average Bonchev–Trinajstić information content (AvgIpc) is 3.45. The second-order valence-corrected chi connectivity index (χ2v) is 9.45. The summed E-state index contributed by atoms with van der Waals surface area (Å²) in [6.45, 7) is 1.26. The van der Waals surface area contributed by atoms with Crippen LogP contribution in [0.15, 0.2) is 42.5 Å². The van der Waals surface area contributed by atoms with Crippen LogP contribution < -0.4 is 10.6 Å². The lowest BCUT2D eigenvalue weighted by Crippen LogP contribution is -2.49. The zero-order valence-electron chi connectivity index (χ0n) is 19.2. The van der Waals surface area contributed by atoms with E-state index in [0.717, 1.165) is 23.0 Å². The molecule has 5 rings (SSSR count). The number of nitriles is 1. The smallest absolute Gasteiger partial charge is 0.370 e. The molecule has 186 valence electrons. The topological polar surface area (TPSA) is 119 Å². The molecule has 11 heteroatoms. The lowest BCUT2D eigenvalue weighted by molar-refractivity contribution is -0.137. The Morgan fingerprint density at radius 1 is 1.17 bits per heavy atom. The Balaban J connectivity index is 1.37. The number of benzene rings is 2. The van der Waals surface area contributed by atoms with Crippen molar-refractivity contribution >= 4 is 28.4 Å². The Labute approximate surface area is 204 Å². The first-order chi connectivity index (χ1) is 17.1. The van der Waals surface area contributed by atoms with Gasteiger partial charge >= 0.3 is 6.18 Å². The van der Waals surface area contributed by atoms with Crippen molar-refractivity contribution in [2.75, 3.05) is 31.1 Å². The van der Waals surface area contributed by atoms with E-state index >= 15 is 0 Å². The van der Waals surface area contributed by atoms with E-state index < -0.39 is 34.5 Å². The predicted molar refractivity (Wildman–Crippen MR) is 125 cm³/mol. The molecular weight excluding hydrogens is 473 g/mol. The summed E-state index contributed by atoms with van der Waals surface area (Å²) in [5, 5.41) is 16.9. The van der Waals surface area contributed by atoms with E-state index in [2.05, 4.69) is 10.2 Å². The number of rotatable bonds is 3. The molecule has 2 aliphatic heterocycles. The van der Waals surface area contributed by atoms with Gasteiger partial charge in [-0.05, 0) is 37.1 Å². The van der Waals surface area contributed by atoms with Crippen LogP contribution in [0.4, 0.5) is 18.9 Å². The third-order valence-electron chi connectivity index (χ3n) is 7.50. The molecule has 36 heavy (non-hydrogen) atoms. The third-order valence-corrected chi connectivity index (χ3v) is 7.50. The third kappa shape index (κ3) is 3.92. The quantitative estimate of drug-likeness (QED) is 0.577. The average molecular weight is 496 g/mol. The number of amides is 2. The van der Waals surface area contributed by atoms with Gasteiger partial charge in [-0.3, -0.25) is 14.7 Å². The highest BCUT2D eigenvalue weighted by Gasteiger charge is 2.51. The van der Waals surface area contributed by atoms with Crippen LogP contribution in [0.3, 0.4) is 0 Å². The van der Waals surface area contributed by atoms with Crippen LogP contribution >= 0.6 is 0 Å². The van der Waals surface area contributed by atoms with E-state index in [-0.39, 0.29) is 18.1 Å². The lowest BCUT2D eigenvalue weighted by Gasteiger charge is -2.41. The van der Waals surface area contributed by atoms with Gasteiger partial charge in [-0.1, -0.05) is 18.2 Å². The van der Waals surface area contributed by atoms with Crippen molar-refractivity contribution in [1.29, 1.82) is 5.26 Å². The summed E-state index contributed by atoms with van der Waals surface area (Å²) in [5.41, 5.74) is 5.08. The van der Waals surface area contributed by atoms with Gasteiger partial charge in [-0.2, -0.15) is 23.5 Å². The maximum absolute atomic E-state index is 13.5. The van der Waals surface area contributed by atoms with Crippen molar-refractivity contribution in [3.05, 3.63) is 59.3 Å². The van der Waals surface area contributed by atoms with E-state index in [0.29, 0.717) is 38.2 Å². The van der Waals surface area contributed by atoms with E-state index in [1.54, 1.807) is 15.9 Å². The molecule has 0 saturated carbocycles. The number of hydrogen-bond donors (Lipinski definition) is 2. The number of nitrogens with two attached hydrogens (primary N) is 1. The summed E-state index contributed by atoms with van der Waals surface area (Å²) in [7, 11) is 0. The van der Waals surface area contributed by atoms with E-state index in [1.807, 2.05) is 24.3 Å². The molecule has 1 aromatic heterocycles. The van der Waals surface area contributed by atoms with Gasteiger partial charge in [0.2, 0.25) is 5.91 Å². The maximum Gasteiger partial charge on any atom is 0.417 e. The van der Waals surface area contributed by atoms with Crippen molar-refractivity contribution < 1.29 is 22.8 Å². The number of fused-ring (bicyclic) bond motifs is 1. The van der Waals surface area contributed by atoms with Crippen molar-refractivity contribution in [3.8, 4) is 6.07 Å². The molecular formula is C25H23F3N6O2. The van der Waals surface area contributed by atoms with Gasteiger partial charge in [0, 0.05) is 42.7 Å². The molecule has 3 N–H and O–H groups in total. The second kappa shape index (κ2) is 8.55. The summed E-state index contributed by atoms with van der Waals surface area (Å²) < 4.78 is 40.5. The first-order valence-corrected chi connectivity index (χ1v) is 11.5. The Bertz CT molecular complexity index is 1380. The standard InChI is InChI=1S/C25H23F3N6O2/c26-25(27,28)18-11-16(6-5-15(18)12-29)34-13-19(22(30)35)24(14-34)7-9-33(10-8-24)23(36)21-17-3-1-2-4-20(17)31-32-21/h1-6,11,19H,7-10,13-14H2,(H2,30,35)(H,31,32). The fourth-order valence-corrected chi connectivity index (χ4v) is 5.56.